The van der Waals surface area contributed by atoms with E-state index in [2.05, 4.69) is 5.10 Å². The molecule has 1 aromatic heterocycles. The largest absolute Gasteiger partial charge is 0.396 e. The predicted octanol–water partition coefficient (Wildman–Crippen LogP) is 3.92. The molecule has 0 bridgehead atoms. The van der Waals surface area contributed by atoms with Crippen molar-refractivity contribution < 1.29 is 13.2 Å². The molecule has 0 spiro atoms. The minimum absolute atomic E-state index is 0.136. The highest BCUT2D eigenvalue weighted by Gasteiger charge is 2.22. The second-order valence-corrected chi connectivity index (χ2v) is 5.47. The molecule has 1 saturated carbocycles. The molecule has 1 aromatic carbocycles. The maximum Gasteiger partial charge on any atom is 0.161 e. The van der Waals surface area contributed by atoms with Crippen molar-refractivity contribution in [3.63, 3.8) is 0 Å². The number of halogens is 3. The lowest BCUT2D eigenvalue weighted by atomic mass is 9.86. The Morgan fingerprint density at radius 1 is 1.00 bits per heavy atom. The molecule has 3 rings (SSSR count). The average Bonchev–Trinajstić information content (AvgIpc) is 2.85. The van der Waals surface area contributed by atoms with Crippen LogP contribution in [0.15, 0.2) is 18.3 Å². The van der Waals surface area contributed by atoms with Crippen LogP contribution in [0.5, 0.6) is 0 Å². The third-order valence-corrected chi connectivity index (χ3v) is 4.00. The summed E-state index contributed by atoms with van der Waals surface area (Å²) in [6.07, 6.45) is 6.91. The standard InChI is InChI=1S/C15H16F3N3/c16-10-6-12(18)14(7-11(10)17)21-8-13(19)15(20-21)9-4-2-1-3-5-9/h6-9H,1-5,19H2. The van der Waals surface area contributed by atoms with Crippen LogP contribution in [0.1, 0.15) is 43.7 Å². The summed E-state index contributed by atoms with van der Waals surface area (Å²) in [4.78, 5) is 0. The smallest absolute Gasteiger partial charge is 0.161 e. The number of nitrogen functional groups attached to an aromatic ring is 1. The fourth-order valence-electron chi connectivity index (χ4n) is 2.90. The number of hydrogen-bond donors (Lipinski definition) is 1. The zero-order valence-corrected chi connectivity index (χ0v) is 11.5. The molecular weight excluding hydrogens is 279 g/mol. The van der Waals surface area contributed by atoms with E-state index < -0.39 is 17.5 Å². The molecule has 1 aliphatic carbocycles. The van der Waals surface area contributed by atoms with Crippen LogP contribution in [0.2, 0.25) is 0 Å². The average molecular weight is 295 g/mol. The minimum atomic E-state index is -1.22. The van der Waals surface area contributed by atoms with E-state index in [0.29, 0.717) is 11.8 Å². The Morgan fingerprint density at radius 2 is 1.67 bits per heavy atom. The summed E-state index contributed by atoms with van der Waals surface area (Å²) in [6.45, 7) is 0. The zero-order chi connectivity index (χ0) is 15.0. The monoisotopic (exact) mass is 295 g/mol. The van der Waals surface area contributed by atoms with E-state index in [4.69, 9.17) is 5.73 Å². The van der Waals surface area contributed by atoms with Crippen molar-refractivity contribution in [2.24, 2.45) is 0 Å². The van der Waals surface area contributed by atoms with Gasteiger partial charge in [-0.1, -0.05) is 19.3 Å². The third-order valence-electron chi connectivity index (χ3n) is 4.00. The molecule has 2 N–H and O–H groups in total. The van der Waals surface area contributed by atoms with Crippen molar-refractivity contribution in [1.82, 2.24) is 9.78 Å². The molecule has 1 heterocycles. The summed E-state index contributed by atoms with van der Waals surface area (Å²) in [7, 11) is 0. The Morgan fingerprint density at radius 3 is 2.38 bits per heavy atom. The van der Waals surface area contributed by atoms with Gasteiger partial charge in [0.25, 0.3) is 0 Å². The Balaban J connectivity index is 1.98. The number of benzene rings is 1. The van der Waals surface area contributed by atoms with Gasteiger partial charge in [-0.3, -0.25) is 0 Å². The van der Waals surface area contributed by atoms with Crippen molar-refractivity contribution >= 4 is 5.69 Å². The summed E-state index contributed by atoms with van der Waals surface area (Å²) in [5.41, 5.74) is 7.00. The van der Waals surface area contributed by atoms with Gasteiger partial charge in [-0.2, -0.15) is 5.10 Å². The lowest BCUT2D eigenvalue weighted by Gasteiger charge is -2.20. The highest BCUT2D eigenvalue weighted by molar-refractivity contribution is 5.46. The summed E-state index contributed by atoms with van der Waals surface area (Å²) < 4.78 is 41.3. The van der Waals surface area contributed by atoms with Gasteiger partial charge in [-0.25, -0.2) is 17.9 Å². The molecular formula is C15H16F3N3. The second kappa shape index (κ2) is 5.42. The van der Waals surface area contributed by atoms with E-state index in [0.717, 1.165) is 37.4 Å². The second-order valence-electron chi connectivity index (χ2n) is 5.47. The third kappa shape index (κ3) is 2.62. The van der Waals surface area contributed by atoms with Crippen molar-refractivity contribution in [1.29, 1.82) is 0 Å². The molecule has 2 aromatic rings. The Hall–Kier alpha value is -1.98. The minimum Gasteiger partial charge on any atom is -0.396 e. The van der Waals surface area contributed by atoms with Crippen LogP contribution in [-0.4, -0.2) is 9.78 Å². The first-order valence-corrected chi connectivity index (χ1v) is 7.06. The molecule has 3 nitrogen and oxygen atoms in total. The van der Waals surface area contributed by atoms with Crippen molar-refractivity contribution in [2.45, 2.75) is 38.0 Å². The Kier molecular flexibility index (Phi) is 3.61. The summed E-state index contributed by atoms with van der Waals surface area (Å²) >= 11 is 0. The summed E-state index contributed by atoms with van der Waals surface area (Å²) in [6, 6.07) is 1.31. The van der Waals surface area contributed by atoms with Crippen LogP contribution in [0.3, 0.4) is 0 Å². The SMILES string of the molecule is Nc1cn(-c2cc(F)c(F)cc2F)nc1C1CCCCC1. The molecule has 6 heteroatoms. The maximum atomic E-state index is 13.8. The number of anilines is 1. The van der Waals surface area contributed by atoms with E-state index in [9.17, 15) is 13.2 Å². The van der Waals surface area contributed by atoms with E-state index >= 15 is 0 Å². The summed E-state index contributed by atoms with van der Waals surface area (Å²) in [5.74, 6) is -2.94. The molecule has 1 fully saturated rings. The number of rotatable bonds is 2. The molecule has 0 unspecified atom stereocenters. The van der Waals surface area contributed by atoms with E-state index in [1.165, 1.54) is 17.3 Å². The van der Waals surface area contributed by atoms with Crippen molar-refractivity contribution in [3.8, 4) is 5.69 Å². The van der Waals surface area contributed by atoms with Crippen molar-refractivity contribution in [2.75, 3.05) is 5.73 Å². The van der Waals surface area contributed by atoms with Gasteiger partial charge in [-0.15, -0.1) is 0 Å². The molecule has 112 valence electrons. The lowest BCUT2D eigenvalue weighted by Crippen LogP contribution is -2.08. The van der Waals surface area contributed by atoms with Gasteiger partial charge >= 0.3 is 0 Å². The van der Waals surface area contributed by atoms with Gasteiger partial charge in [0.15, 0.2) is 17.5 Å². The highest BCUT2D eigenvalue weighted by atomic mass is 19.2. The van der Waals surface area contributed by atoms with Crippen LogP contribution >= 0.6 is 0 Å². The highest BCUT2D eigenvalue weighted by Crippen LogP contribution is 2.35. The van der Waals surface area contributed by atoms with Crippen LogP contribution in [0, 0.1) is 17.5 Å². The fraction of sp³-hybridized carbons (Fsp3) is 0.400. The Bertz CT molecular complexity index is 660. The van der Waals surface area contributed by atoms with Gasteiger partial charge in [0.1, 0.15) is 5.69 Å². The van der Waals surface area contributed by atoms with Crippen LogP contribution in [0.25, 0.3) is 5.69 Å². The molecule has 0 amide bonds. The first-order valence-electron chi connectivity index (χ1n) is 7.06. The van der Waals surface area contributed by atoms with E-state index in [1.54, 1.807) is 0 Å². The molecule has 0 aliphatic heterocycles. The number of hydrogen-bond acceptors (Lipinski definition) is 2. The molecule has 21 heavy (non-hydrogen) atoms. The first-order chi connectivity index (χ1) is 10.1. The maximum absolute atomic E-state index is 13.8. The van der Waals surface area contributed by atoms with Crippen LogP contribution < -0.4 is 5.73 Å². The number of nitrogens with two attached hydrogens (primary N) is 1. The topological polar surface area (TPSA) is 43.8 Å². The normalized spacial score (nSPS) is 16.3. The molecule has 0 saturated heterocycles. The predicted molar refractivity (Wildman–Crippen MR) is 73.7 cm³/mol. The molecule has 1 aliphatic rings. The van der Waals surface area contributed by atoms with Gasteiger partial charge in [0, 0.05) is 18.1 Å². The quantitative estimate of drug-likeness (QED) is 0.853. The fourth-order valence-corrected chi connectivity index (χ4v) is 2.90. The van der Waals surface area contributed by atoms with Gasteiger partial charge in [0.2, 0.25) is 0 Å². The van der Waals surface area contributed by atoms with Crippen LogP contribution in [0.4, 0.5) is 18.9 Å². The molecule has 0 atom stereocenters. The van der Waals surface area contributed by atoms with E-state index in [-0.39, 0.29) is 11.6 Å². The van der Waals surface area contributed by atoms with Crippen molar-refractivity contribution in [3.05, 3.63) is 41.5 Å². The Labute approximate surface area is 120 Å². The summed E-state index contributed by atoms with van der Waals surface area (Å²) in [5, 5.41) is 4.30. The van der Waals surface area contributed by atoms with E-state index in [1.807, 2.05) is 0 Å². The van der Waals surface area contributed by atoms with Crippen LogP contribution in [-0.2, 0) is 0 Å². The number of aromatic nitrogens is 2. The first kappa shape index (κ1) is 14.0. The zero-order valence-electron chi connectivity index (χ0n) is 11.5. The van der Waals surface area contributed by atoms with Gasteiger partial charge in [0.05, 0.1) is 17.6 Å². The van der Waals surface area contributed by atoms with Gasteiger partial charge in [-0.05, 0) is 12.8 Å². The number of nitrogens with zero attached hydrogens (tertiary/aromatic N) is 2. The molecule has 0 radical (unpaired) electrons. The van der Waals surface area contributed by atoms with Gasteiger partial charge < -0.3 is 5.73 Å². The lowest BCUT2D eigenvalue weighted by molar-refractivity contribution is 0.435.